The Morgan fingerprint density at radius 3 is 2.42 bits per heavy atom. The second-order valence-corrected chi connectivity index (χ2v) is 4.18. The minimum Gasteiger partial charge on any atom is -0.461 e. The fourth-order valence-electron chi connectivity index (χ4n) is 2.97. The Kier molecular flexibility index (Phi) is 1.07. The normalized spacial score (nSPS) is 52.2. The summed E-state index contributed by atoms with van der Waals surface area (Å²) in [7, 11) is 0. The predicted octanol–water partition coefficient (Wildman–Crippen LogP) is 1.37. The maximum Gasteiger partial charge on any atom is 0.302 e. The maximum absolute atomic E-state index is 10.8. The Morgan fingerprint density at radius 1 is 1.33 bits per heavy atom. The Bertz CT molecular complexity index is 251. The van der Waals surface area contributed by atoms with E-state index in [0.717, 1.165) is 11.8 Å². The average Bonchev–Trinajstić information content (AvgIpc) is 2.66. The minimum atomic E-state index is -0.125. The topological polar surface area (TPSA) is 26.3 Å². The minimum absolute atomic E-state index is 0.125. The summed E-state index contributed by atoms with van der Waals surface area (Å²) < 4.78 is 5.30. The molecule has 0 aromatic heterocycles. The molecule has 12 heavy (non-hydrogen) atoms. The van der Waals surface area contributed by atoms with Gasteiger partial charge >= 0.3 is 5.97 Å². The van der Waals surface area contributed by atoms with E-state index in [0.29, 0.717) is 11.8 Å². The lowest BCUT2D eigenvalue weighted by Gasteiger charge is -2.18. The molecule has 0 amide bonds. The Labute approximate surface area is 71.6 Å². The van der Waals surface area contributed by atoms with Crippen molar-refractivity contribution < 1.29 is 9.53 Å². The van der Waals surface area contributed by atoms with Gasteiger partial charge < -0.3 is 4.74 Å². The van der Waals surface area contributed by atoms with Gasteiger partial charge in [-0.3, -0.25) is 4.79 Å². The van der Waals surface area contributed by atoms with E-state index in [2.05, 4.69) is 12.2 Å². The van der Waals surface area contributed by atoms with Crippen LogP contribution in [0.5, 0.6) is 0 Å². The van der Waals surface area contributed by atoms with Gasteiger partial charge in [0.25, 0.3) is 0 Å². The van der Waals surface area contributed by atoms with Crippen molar-refractivity contribution >= 4 is 5.97 Å². The molecule has 0 radical (unpaired) electrons. The summed E-state index contributed by atoms with van der Waals surface area (Å²) in [4.78, 5) is 10.8. The number of carbonyl (C=O) groups is 1. The molecule has 2 saturated carbocycles. The molecule has 0 aliphatic heterocycles. The molecule has 2 fully saturated rings. The van der Waals surface area contributed by atoms with Crippen LogP contribution < -0.4 is 0 Å². The van der Waals surface area contributed by atoms with Crippen molar-refractivity contribution in [3.8, 4) is 0 Å². The van der Waals surface area contributed by atoms with Crippen LogP contribution in [0.25, 0.3) is 0 Å². The third-order valence-electron chi connectivity index (χ3n) is 3.50. The van der Waals surface area contributed by atoms with Crippen molar-refractivity contribution in [3.05, 3.63) is 12.2 Å². The van der Waals surface area contributed by atoms with E-state index >= 15 is 0 Å². The van der Waals surface area contributed by atoms with Crippen LogP contribution >= 0.6 is 0 Å². The molecule has 0 N–H and O–H groups in total. The summed E-state index contributed by atoms with van der Waals surface area (Å²) in [5.74, 6) is 2.70. The Morgan fingerprint density at radius 2 is 1.92 bits per heavy atom. The summed E-state index contributed by atoms with van der Waals surface area (Å²) in [5.41, 5.74) is 0. The van der Waals surface area contributed by atoms with Gasteiger partial charge in [-0.1, -0.05) is 12.2 Å². The molecule has 3 aliphatic rings. The van der Waals surface area contributed by atoms with Gasteiger partial charge in [0.1, 0.15) is 6.10 Å². The van der Waals surface area contributed by atoms with Gasteiger partial charge in [-0.15, -0.1) is 0 Å². The van der Waals surface area contributed by atoms with Crippen LogP contribution in [0.4, 0.5) is 0 Å². The number of carbonyl (C=O) groups excluding carboxylic acids is 1. The van der Waals surface area contributed by atoms with E-state index < -0.39 is 0 Å². The van der Waals surface area contributed by atoms with Crippen molar-refractivity contribution in [1.29, 1.82) is 0 Å². The standard InChI is InChI=1S/C10H12O2/c1-5(11)12-10-6-2-3-7(10)9-4-8(6)9/h2-3,6-10H,4H2,1H3. The summed E-state index contributed by atoms with van der Waals surface area (Å²) in [5, 5.41) is 0. The van der Waals surface area contributed by atoms with Crippen LogP contribution in [-0.2, 0) is 9.53 Å². The van der Waals surface area contributed by atoms with E-state index in [4.69, 9.17) is 4.74 Å². The molecule has 3 aliphatic carbocycles. The molecule has 64 valence electrons. The summed E-state index contributed by atoms with van der Waals surface area (Å²) in [6.45, 7) is 1.50. The van der Waals surface area contributed by atoms with Gasteiger partial charge in [-0.25, -0.2) is 0 Å². The second kappa shape index (κ2) is 1.93. The van der Waals surface area contributed by atoms with Gasteiger partial charge in [-0.2, -0.15) is 0 Å². The molecule has 4 unspecified atom stereocenters. The molecule has 0 heterocycles. The first-order valence-electron chi connectivity index (χ1n) is 4.63. The first kappa shape index (κ1) is 6.70. The van der Waals surface area contributed by atoms with Crippen molar-refractivity contribution in [2.45, 2.75) is 19.4 Å². The average molecular weight is 164 g/mol. The zero-order valence-corrected chi connectivity index (χ0v) is 7.07. The molecule has 2 heteroatoms. The van der Waals surface area contributed by atoms with Crippen LogP contribution in [-0.4, -0.2) is 12.1 Å². The zero-order chi connectivity index (χ0) is 8.29. The van der Waals surface area contributed by atoms with E-state index in [1.165, 1.54) is 13.3 Å². The lowest BCUT2D eigenvalue weighted by atomic mass is 10.0. The summed E-state index contributed by atoms with van der Waals surface area (Å²) >= 11 is 0. The van der Waals surface area contributed by atoms with Gasteiger partial charge in [0, 0.05) is 18.8 Å². The van der Waals surface area contributed by atoms with Crippen molar-refractivity contribution in [2.24, 2.45) is 23.7 Å². The number of ether oxygens (including phenoxy) is 1. The van der Waals surface area contributed by atoms with Gasteiger partial charge in [-0.05, 0) is 18.3 Å². The summed E-state index contributed by atoms with van der Waals surface area (Å²) in [6.07, 6.45) is 6.05. The molecule has 0 saturated heterocycles. The fraction of sp³-hybridized carbons (Fsp3) is 0.700. The first-order chi connectivity index (χ1) is 5.77. The lowest BCUT2D eigenvalue weighted by Crippen LogP contribution is -2.24. The predicted molar refractivity (Wildman–Crippen MR) is 43.3 cm³/mol. The smallest absolute Gasteiger partial charge is 0.302 e. The van der Waals surface area contributed by atoms with Gasteiger partial charge in [0.15, 0.2) is 0 Å². The van der Waals surface area contributed by atoms with Crippen LogP contribution in [0.2, 0.25) is 0 Å². The van der Waals surface area contributed by atoms with E-state index in [-0.39, 0.29) is 12.1 Å². The SMILES string of the molecule is CC(=O)OC1C2C=CC1C1CC21. The number of rotatable bonds is 1. The number of hydrogen-bond donors (Lipinski definition) is 0. The molecular formula is C10H12O2. The van der Waals surface area contributed by atoms with Crippen LogP contribution in [0, 0.1) is 23.7 Å². The van der Waals surface area contributed by atoms with Gasteiger partial charge in [0.2, 0.25) is 0 Å². The van der Waals surface area contributed by atoms with E-state index in [1.54, 1.807) is 0 Å². The van der Waals surface area contributed by atoms with Crippen molar-refractivity contribution in [3.63, 3.8) is 0 Å². The second-order valence-electron chi connectivity index (χ2n) is 4.18. The molecule has 2 nitrogen and oxygen atoms in total. The Hall–Kier alpha value is -0.790. The van der Waals surface area contributed by atoms with Crippen molar-refractivity contribution in [1.82, 2.24) is 0 Å². The molecule has 4 atom stereocenters. The quantitative estimate of drug-likeness (QED) is 0.432. The zero-order valence-electron chi connectivity index (χ0n) is 7.07. The highest BCUT2D eigenvalue weighted by Crippen LogP contribution is 2.63. The third-order valence-corrected chi connectivity index (χ3v) is 3.50. The molecule has 0 aromatic rings. The monoisotopic (exact) mass is 164 g/mol. The molecule has 3 rings (SSSR count). The Balaban J connectivity index is 1.80. The van der Waals surface area contributed by atoms with E-state index in [9.17, 15) is 4.79 Å². The number of hydrogen-bond acceptors (Lipinski definition) is 2. The first-order valence-corrected chi connectivity index (χ1v) is 4.63. The van der Waals surface area contributed by atoms with Crippen molar-refractivity contribution in [2.75, 3.05) is 0 Å². The van der Waals surface area contributed by atoms with Crippen LogP contribution in [0.15, 0.2) is 12.2 Å². The molecular weight excluding hydrogens is 152 g/mol. The highest BCUT2D eigenvalue weighted by molar-refractivity contribution is 5.66. The third kappa shape index (κ3) is 0.680. The molecule has 0 aromatic carbocycles. The highest BCUT2D eigenvalue weighted by Gasteiger charge is 2.61. The number of fused-ring (bicyclic) bond motifs is 5. The highest BCUT2D eigenvalue weighted by atomic mass is 16.5. The lowest BCUT2D eigenvalue weighted by molar-refractivity contribution is -0.148. The largest absolute Gasteiger partial charge is 0.461 e. The molecule has 0 spiro atoms. The van der Waals surface area contributed by atoms with Crippen LogP contribution in [0.1, 0.15) is 13.3 Å². The van der Waals surface area contributed by atoms with E-state index in [1.807, 2.05) is 0 Å². The summed E-state index contributed by atoms with van der Waals surface area (Å²) in [6, 6.07) is 0. The molecule has 2 bridgehead atoms. The number of esters is 1. The maximum atomic E-state index is 10.8. The van der Waals surface area contributed by atoms with Gasteiger partial charge in [0.05, 0.1) is 0 Å². The fourth-order valence-corrected chi connectivity index (χ4v) is 2.97. The van der Waals surface area contributed by atoms with Crippen LogP contribution in [0.3, 0.4) is 0 Å².